The summed E-state index contributed by atoms with van der Waals surface area (Å²) in [6.07, 6.45) is 5.68. The largest absolute Gasteiger partial charge is 0.396 e. The molecule has 3 nitrogen and oxygen atoms in total. The number of aliphatic hydroxyl groups excluding tert-OH is 1. The summed E-state index contributed by atoms with van der Waals surface area (Å²) >= 11 is 1.80. The predicted molar refractivity (Wildman–Crippen MR) is 53.4 cm³/mol. The molecule has 1 aliphatic heterocycles. The van der Waals surface area contributed by atoms with Gasteiger partial charge in [0.05, 0.1) is 0 Å². The molecule has 1 aliphatic rings. The van der Waals surface area contributed by atoms with E-state index in [2.05, 4.69) is 5.92 Å². The Balaban J connectivity index is 2.57. The first kappa shape index (κ1) is 10.4. The van der Waals surface area contributed by atoms with Crippen molar-refractivity contribution in [3.05, 3.63) is 0 Å². The summed E-state index contributed by atoms with van der Waals surface area (Å²) in [4.78, 5) is 12.9. The monoisotopic (exact) mass is 199 g/mol. The molecule has 0 spiro atoms. The van der Waals surface area contributed by atoms with Crippen LogP contribution in [0.5, 0.6) is 0 Å². The molecule has 1 amide bonds. The fourth-order valence-electron chi connectivity index (χ4n) is 1.39. The summed E-state index contributed by atoms with van der Waals surface area (Å²) in [5.74, 6) is 3.69. The van der Waals surface area contributed by atoms with Crippen molar-refractivity contribution in [3.8, 4) is 12.3 Å². The maximum atomic E-state index is 11.3. The van der Waals surface area contributed by atoms with Crippen LogP contribution in [0, 0.1) is 12.3 Å². The van der Waals surface area contributed by atoms with Crippen molar-refractivity contribution in [1.82, 2.24) is 4.90 Å². The molecule has 0 aliphatic carbocycles. The normalized spacial score (nSPS) is 22.5. The second kappa shape index (κ2) is 5.15. The zero-order valence-electron chi connectivity index (χ0n) is 7.40. The first-order valence-electron chi connectivity index (χ1n) is 4.25. The third-order valence-corrected chi connectivity index (χ3v) is 3.17. The van der Waals surface area contributed by atoms with Crippen LogP contribution >= 0.6 is 11.8 Å². The first-order valence-corrected chi connectivity index (χ1v) is 5.41. The Morgan fingerprint density at radius 1 is 1.77 bits per heavy atom. The maximum Gasteiger partial charge on any atom is 0.298 e. The van der Waals surface area contributed by atoms with Crippen LogP contribution in [0.1, 0.15) is 6.42 Å². The van der Waals surface area contributed by atoms with E-state index in [-0.39, 0.29) is 18.6 Å². The van der Waals surface area contributed by atoms with Gasteiger partial charge in [-0.15, -0.1) is 6.42 Å². The van der Waals surface area contributed by atoms with Crippen LogP contribution in [-0.2, 0) is 4.79 Å². The number of carbonyl (C=O) groups is 1. The van der Waals surface area contributed by atoms with Crippen LogP contribution in [0.2, 0.25) is 0 Å². The Hall–Kier alpha value is -0.660. The molecular weight excluding hydrogens is 186 g/mol. The van der Waals surface area contributed by atoms with Crippen LogP contribution in [0.4, 0.5) is 0 Å². The zero-order chi connectivity index (χ0) is 9.68. The Morgan fingerprint density at radius 2 is 2.54 bits per heavy atom. The molecular formula is C9H13NO2S. The highest BCUT2D eigenvalue weighted by Gasteiger charge is 2.25. The highest BCUT2D eigenvalue weighted by Crippen LogP contribution is 2.18. The van der Waals surface area contributed by atoms with E-state index in [9.17, 15) is 4.79 Å². The fraction of sp³-hybridized carbons (Fsp3) is 0.667. The van der Waals surface area contributed by atoms with Crippen molar-refractivity contribution in [2.75, 3.05) is 24.7 Å². The van der Waals surface area contributed by atoms with Gasteiger partial charge >= 0.3 is 0 Å². The van der Waals surface area contributed by atoms with Gasteiger partial charge < -0.3 is 10.0 Å². The van der Waals surface area contributed by atoms with Crippen LogP contribution in [0.15, 0.2) is 0 Å². The van der Waals surface area contributed by atoms with Gasteiger partial charge in [0.15, 0.2) is 0 Å². The second-order valence-electron chi connectivity index (χ2n) is 2.88. The average molecular weight is 199 g/mol. The minimum atomic E-state index is -0.251. The lowest BCUT2D eigenvalue weighted by Crippen LogP contribution is -2.46. The quantitative estimate of drug-likeness (QED) is 0.634. The number of rotatable bonds is 2. The molecule has 72 valence electrons. The van der Waals surface area contributed by atoms with Gasteiger partial charge in [0.1, 0.15) is 0 Å². The number of hydrogen-bond acceptors (Lipinski definition) is 3. The van der Waals surface area contributed by atoms with E-state index in [1.165, 1.54) is 0 Å². The van der Waals surface area contributed by atoms with Gasteiger partial charge in [0.2, 0.25) is 0 Å². The van der Waals surface area contributed by atoms with Gasteiger partial charge in [-0.2, -0.15) is 11.8 Å². The molecule has 13 heavy (non-hydrogen) atoms. The molecule has 1 atom stereocenters. The lowest BCUT2D eigenvalue weighted by Gasteiger charge is -2.33. The van der Waals surface area contributed by atoms with E-state index in [0.29, 0.717) is 13.0 Å². The molecule has 1 unspecified atom stereocenters. The summed E-state index contributed by atoms with van der Waals surface area (Å²) in [7, 11) is 0. The third kappa shape index (κ3) is 2.64. The molecule has 1 fully saturated rings. The van der Waals surface area contributed by atoms with Crippen molar-refractivity contribution in [1.29, 1.82) is 0 Å². The van der Waals surface area contributed by atoms with Crippen molar-refractivity contribution < 1.29 is 9.90 Å². The van der Waals surface area contributed by atoms with Gasteiger partial charge in [0.25, 0.3) is 5.91 Å². The maximum absolute atomic E-state index is 11.3. The Bertz CT molecular complexity index is 222. The molecule has 0 aromatic heterocycles. The number of amides is 1. The smallest absolute Gasteiger partial charge is 0.298 e. The molecule has 1 heterocycles. The highest BCUT2D eigenvalue weighted by atomic mass is 32.2. The Labute approximate surface area is 82.5 Å². The topological polar surface area (TPSA) is 40.5 Å². The second-order valence-corrected chi connectivity index (χ2v) is 4.03. The van der Waals surface area contributed by atoms with Crippen molar-refractivity contribution in [3.63, 3.8) is 0 Å². The minimum Gasteiger partial charge on any atom is -0.396 e. The predicted octanol–water partition coefficient (Wildman–Crippen LogP) is -0.0540. The summed E-state index contributed by atoms with van der Waals surface area (Å²) in [6, 6.07) is 0.118. The molecule has 0 saturated carbocycles. The number of aliphatic hydroxyl groups is 1. The molecule has 0 radical (unpaired) electrons. The first-order chi connectivity index (χ1) is 6.29. The van der Waals surface area contributed by atoms with Gasteiger partial charge in [-0.1, -0.05) is 0 Å². The fourth-order valence-corrected chi connectivity index (χ4v) is 2.50. The van der Waals surface area contributed by atoms with Crippen molar-refractivity contribution in [2.24, 2.45) is 0 Å². The SMILES string of the molecule is C#CC(=O)N1CCSCC1CCO. The van der Waals surface area contributed by atoms with Crippen molar-refractivity contribution in [2.45, 2.75) is 12.5 Å². The van der Waals surface area contributed by atoms with Crippen LogP contribution in [0.25, 0.3) is 0 Å². The van der Waals surface area contributed by atoms with Crippen LogP contribution in [0.3, 0.4) is 0 Å². The van der Waals surface area contributed by atoms with E-state index < -0.39 is 0 Å². The van der Waals surface area contributed by atoms with E-state index in [1.54, 1.807) is 16.7 Å². The Morgan fingerprint density at radius 3 is 3.15 bits per heavy atom. The number of terminal acetylenes is 1. The average Bonchev–Trinajstić information content (AvgIpc) is 2.18. The molecule has 1 N–H and O–H groups in total. The van der Waals surface area contributed by atoms with Gasteiger partial charge in [0, 0.05) is 30.7 Å². The molecule has 0 bridgehead atoms. The molecule has 1 rings (SSSR count). The number of hydrogen-bond donors (Lipinski definition) is 1. The van der Waals surface area contributed by atoms with Crippen LogP contribution in [-0.4, -0.2) is 46.6 Å². The number of carbonyl (C=O) groups excluding carboxylic acids is 1. The molecule has 0 aromatic carbocycles. The van der Waals surface area contributed by atoms with E-state index in [4.69, 9.17) is 11.5 Å². The van der Waals surface area contributed by atoms with E-state index >= 15 is 0 Å². The Kier molecular flexibility index (Phi) is 4.13. The highest BCUT2D eigenvalue weighted by molar-refractivity contribution is 7.99. The van der Waals surface area contributed by atoms with Gasteiger partial charge in [-0.25, -0.2) is 0 Å². The molecule has 0 aromatic rings. The van der Waals surface area contributed by atoms with E-state index in [1.807, 2.05) is 0 Å². The van der Waals surface area contributed by atoms with Crippen LogP contribution < -0.4 is 0 Å². The minimum absolute atomic E-state index is 0.111. The lowest BCUT2D eigenvalue weighted by molar-refractivity contribution is -0.127. The third-order valence-electron chi connectivity index (χ3n) is 2.07. The van der Waals surface area contributed by atoms with Gasteiger partial charge in [-0.3, -0.25) is 4.79 Å². The molecule has 1 saturated heterocycles. The van der Waals surface area contributed by atoms with Gasteiger partial charge in [-0.05, 0) is 12.3 Å². The van der Waals surface area contributed by atoms with E-state index in [0.717, 1.165) is 11.5 Å². The zero-order valence-corrected chi connectivity index (χ0v) is 8.22. The summed E-state index contributed by atoms with van der Waals surface area (Å²) in [5, 5.41) is 8.79. The molecule has 4 heteroatoms. The summed E-state index contributed by atoms with van der Waals surface area (Å²) in [5.41, 5.74) is 0. The number of thioether (sulfide) groups is 1. The number of nitrogens with zero attached hydrogens (tertiary/aromatic N) is 1. The summed E-state index contributed by atoms with van der Waals surface area (Å²) < 4.78 is 0. The lowest BCUT2D eigenvalue weighted by atomic mass is 10.2. The summed E-state index contributed by atoms with van der Waals surface area (Å²) in [6.45, 7) is 0.817. The van der Waals surface area contributed by atoms with Crippen molar-refractivity contribution >= 4 is 17.7 Å². The standard InChI is InChI=1S/C9H13NO2S/c1-2-9(12)10-4-6-13-7-8(10)3-5-11/h1,8,11H,3-7H2.